The van der Waals surface area contributed by atoms with Crippen LogP contribution in [0.15, 0.2) is 23.1 Å². The van der Waals surface area contributed by atoms with Gasteiger partial charge in [-0.2, -0.15) is 26.3 Å². The summed E-state index contributed by atoms with van der Waals surface area (Å²) in [4.78, 5) is 0.779. The normalized spacial score (nSPS) is 19.8. The Balaban J connectivity index is 2.15. The molecule has 1 aromatic rings. The van der Waals surface area contributed by atoms with E-state index >= 15 is 0 Å². The molecule has 0 aliphatic carbocycles. The van der Waals surface area contributed by atoms with Crippen molar-refractivity contribution in [2.24, 2.45) is 5.92 Å². The third-order valence-electron chi connectivity index (χ3n) is 4.45. The summed E-state index contributed by atoms with van der Waals surface area (Å²) < 4.78 is 104. The van der Waals surface area contributed by atoms with E-state index in [1.54, 1.807) is 0 Å². The van der Waals surface area contributed by atoms with E-state index in [-0.39, 0.29) is 43.8 Å². The van der Waals surface area contributed by atoms with Crippen LogP contribution in [0.2, 0.25) is 0 Å². The lowest BCUT2D eigenvalue weighted by molar-refractivity contribution is -0.143. The third kappa shape index (κ3) is 6.06. The van der Waals surface area contributed by atoms with Gasteiger partial charge < -0.3 is 10.0 Å². The quantitative estimate of drug-likeness (QED) is 0.676. The molecule has 2 N–H and O–H groups in total. The second-order valence-corrected chi connectivity index (χ2v) is 8.40. The molecule has 28 heavy (non-hydrogen) atoms. The average molecular weight is 434 g/mol. The molecule has 2 rings (SSSR count). The maximum atomic E-state index is 12.9. The smallest absolute Gasteiger partial charge is 0.396 e. The Kier molecular flexibility index (Phi) is 7.00. The maximum absolute atomic E-state index is 12.9. The fraction of sp³-hybridized carbons (Fsp3) is 0.625. The molecule has 0 saturated carbocycles. The van der Waals surface area contributed by atoms with Crippen molar-refractivity contribution in [3.63, 3.8) is 0 Å². The molecule has 12 heteroatoms. The number of piperidine rings is 1. The van der Waals surface area contributed by atoms with E-state index in [2.05, 4.69) is 0 Å². The van der Waals surface area contributed by atoms with Crippen molar-refractivity contribution in [1.82, 2.24) is 9.62 Å². The number of halogens is 6. The lowest BCUT2D eigenvalue weighted by Gasteiger charge is -2.31. The largest absolute Gasteiger partial charge is 0.416 e. The minimum absolute atomic E-state index is 0.00726. The van der Waals surface area contributed by atoms with Crippen LogP contribution in [-0.4, -0.2) is 51.2 Å². The lowest BCUT2D eigenvalue weighted by Crippen LogP contribution is -2.41. The van der Waals surface area contributed by atoms with Gasteiger partial charge in [-0.25, -0.2) is 13.1 Å². The Bertz CT molecular complexity index is 747. The van der Waals surface area contributed by atoms with Crippen molar-refractivity contribution in [1.29, 1.82) is 0 Å². The molecule has 1 aliphatic heterocycles. The van der Waals surface area contributed by atoms with E-state index in [9.17, 15) is 39.9 Å². The first-order valence-electron chi connectivity index (χ1n) is 8.45. The van der Waals surface area contributed by atoms with Crippen LogP contribution >= 0.6 is 0 Å². The van der Waals surface area contributed by atoms with Crippen LogP contribution in [0.1, 0.15) is 24.0 Å². The van der Waals surface area contributed by atoms with Gasteiger partial charge in [0.25, 0.3) is 0 Å². The number of alkyl halides is 6. The van der Waals surface area contributed by atoms with E-state index in [0.29, 0.717) is 13.1 Å². The van der Waals surface area contributed by atoms with Gasteiger partial charge in [-0.3, -0.25) is 0 Å². The molecule has 5 nitrogen and oxygen atoms in total. The highest BCUT2D eigenvalue weighted by molar-refractivity contribution is 7.89. The van der Waals surface area contributed by atoms with Crippen molar-refractivity contribution < 1.29 is 39.9 Å². The molecular formula is C16H20F6N2O3S. The molecule has 0 unspecified atom stereocenters. The molecular weight excluding hydrogens is 414 g/mol. The Morgan fingerprint density at radius 2 is 1.64 bits per heavy atom. The molecule has 1 saturated heterocycles. The summed E-state index contributed by atoms with van der Waals surface area (Å²) in [6.07, 6.45) is -8.61. The van der Waals surface area contributed by atoms with Gasteiger partial charge in [-0.05, 0) is 43.5 Å². The molecule has 160 valence electrons. The molecule has 0 bridgehead atoms. The van der Waals surface area contributed by atoms with E-state index in [1.807, 2.05) is 9.62 Å². The van der Waals surface area contributed by atoms with Crippen LogP contribution in [0, 0.1) is 5.92 Å². The third-order valence-corrected chi connectivity index (χ3v) is 5.89. The van der Waals surface area contributed by atoms with Crippen molar-refractivity contribution in [3.8, 4) is 0 Å². The summed E-state index contributed by atoms with van der Waals surface area (Å²) in [6, 6.07) is 0.238. The molecule has 1 aliphatic rings. The number of aliphatic hydroxyl groups excluding tert-OH is 1. The fourth-order valence-electron chi connectivity index (χ4n) is 3.01. The van der Waals surface area contributed by atoms with Crippen LogP contribution in [-0.2, 0) is 22.4 Å². The van der Waals surface area contributed by atoms with Gasteiger partial charge in [0.15, 0.2) is 0 Å². The molecule has 0 aromatic heterocycles. The number of hydrogen-bond acceptors (Lipinski definition) is 4. The number of likely N-dealkylation sites (tertiary alicyclic amines) is 1. The van der Waals surface area contributed by atoms with Crippen molar-refractivity contribution in [3.05, 3.63) is 29.3 Å². The number of rotatable bonds is 6. The Labute approximate surface area is 158 Å². The average Bonchev–Trinajstić information content (AvgIpc) is 2.60. The van der Waals surface area contributed by atoms with Gasteiger partial charge >= 0.3 is 12.4 Å². The minimum atomic E-state index is -5.13. The number of aliphatic hydroxyl groups is 1. The Morgan fingerprint density at radius 1 is 1.07 bits per heavy atom. The highest BCUT2D eigenvalue weighted by Crippen LogP contribution is 2.37. The highest BCUT2D eigenvalue weighted by atomic mass is 32.2. The van der Waals surface area contributed by atoms with Crippen molar-refractivity contribution >= 4 is 10.0 Å². The number of benzene rings is 1. The van der Waals surface area contributed by atoms with Crippen molar-refractivity contribution in [2.75, 3.05) is 32.8 Å². The van der Waals surface area contributed by atoms with Crippen LogP contribution in [0.4, 0.5) is 26.3 Å². The van der Waals surface area contributed by atoms with Crippen LogP contribution in [0.3, 0.4) is 0 Å². The molecule has 1 heterocycles. The second kappa shape index (κ2) is 8.56. The molecule has 0 amide bonds. The van der Waals surface area contributed by atoms with Gasteiger partial charge in [-0.15, -0.1) is 0 Å². The van der Waals surface area contributed by atoms with Gasteiger partial charge in [0.1, 0.15) is 0 Å². The Hall–Kier alpha value is -1.37. The first kappa shape index (κ1) is 22.9. The predicted molar refractivity (Wildman–Crippen MR) is 87.9 cm³/mol. The molecule has 1 fully saturated rings. The van der Waals surface area contributed by atoms with E-state index < -0.39 is 38.4 Å². The summed E-state index contributed by atoms with van der Waals surface area (Å²) >= 11 is 0. The molecule has 0 spiro atoms. The van der Waals surface area contributed by atoms with Crippen molar-refractivity contribution in [2.45, 2.75) is 30.1 Å². The summed E-state index contributed by atoms with van der Waals surface area (Å²) in [6.45, 7) is 1.24. The lowest BCUT2D eigenvalue weighted by atomic mass is 9.99. The number of sulfonamides is 1. The zero-order valence-electron chi connectivity index (χ0n) is 14.6. The SMILES string of the molecule is O=S(=O)(NCCN1CCC[C@@H](CO)C1)c1cc(C(F)(F)F)cc(C(F)(F)F)c1. The summed E-state index contributed by atoms with van der Waals surface area (Å²) in [5.74, 6) is 0.0585. The zero-order chi connectivity index (χ0) is 21.2. The van der Waals surface area contributed by atoms with Gasteiger partial charge in [-0.1, -0.05) is 0 Å². The maximum Gasteiger partial charge on any atom is 0.416 e. The molecule has 0 radical (unpaired) electrons. The van der Waals surface area contributed by atoms with Crippen LogP contribution in [0.5, 0.6) is 0 Å². The topological polar surface area (TPSA) is 69.6 Å². The van der Waals surface area contributed by atoms with E-state index in [1.165, 1.54) is 0 Å². The predicted octanol–water partition coefficient (Wildman–Crippen LogP) is 2.71. The van der Waals surface area contributed by atoms with E-state index in [4.69, 9.17) is 0 Å². The van der Waals surface area contributed by atoms with Crippen LogP contribution < -0.4 is 4.72 Å². The van der Waals surface area contributed by atoms with Gasteiger partial charge in [0, 0.05) is 26.2 Å². The first-order chi connectivity index (χ1) is 12.8. The standard InChI is InChI=1S/C16H20F6N2O3S/c17-15(18,19)12-6-13(16(20,21)22)8-14(7-12)28(26,27)23-3-5-24-4-1-2-11(9-24)10-25/h6-8,11,23,25H,1-5,9-10H2/t11-/m1/s1. The van der Waals surface area contributed by atoms with E-state index in [0.717, 1.165) is 12.8 Å². The highest BCUT2D eigenvalue weighted by Gasteiger charge is 2.38. The number of nitrogens with one attached hydrogen (secondary N) is 1. The van der Waals surface area contributed by atoms with Gasteiger partial charge in [0.2, 0.25) is 10.0 Å². The van der Waals surface area contributed by atoms with Gasteiger partial charge in [0.05, 0.1) is 16.0 Å². The monoisotopic (exact) mass is 434 g/mol. The Morgan fingerprint density at radius 3 is 2.14 bits per heavy atom. The summed E-state index contributed by atoms with van der Waals surface area (Å²) in [5, 5.41) is 9.17. The number of hydrogen-bond donors (Lipinski definition) is 2. The summed E-state index contributed by atoms with van der Waals surface area (Å²) in [7, 11) is -4.57. The molecule has 1 aromatic carbocycles. The molecule has 1 atom stereocenters. The minimum Gasteiger partial charge on any atom is -0.396 e. The van der Waals surface area contributed by atoms with Crippen LogP contribution in [0.25, 0.3) is 0 Å². The number of nitrogens with zero attached hydrogens (tertiary/aromatic N) is 1. The summed E-state index contributed by atoms with van der Waals surface area (Å²) in [5.41, 5.74) is -3.38. The second-order valence-electron chi connectivity index (χ2n) is 6.63. The zero-order valence-corrected chi connectivity index (χ0v) is 15.5. The fourth-order valence-corrected chi connectivity index (χ4v) is 4.10. The first-order valence-corrected chi connectivity index (χ1v) is 9.93.